The molecule has 0 spiro atoms. The van der Waals surface area contributed by atoms with Gasteiger partial charge in [-0.2, -0.15) is 0 Å². The number of fused-ring (bicyclic) bond motifs is 1. The Bertz CT molecular complexity index is 965. The summed E-state index contributed by atoms with van der Waals surface area (Å²) in [5.74, 6) is 0. The first-order valence-electron chi connectivity index (χ1n) is 14.8. The van der Waals surface area contributed by atoms with Crippen LogP contribution in [0.15, 0.2) is 30.3 Å². The van der Waals surface area contributed by atoms with E-state index < -0.39 is 11.8 Å². The first kappa shape index (κ1) is 35.9. The normalized spacial score (nSPS) is 23.0. The van der Waals surface area contributed by atoms with Crippen molar-refractivity contribution in [3.8, 4) is 0 Å². The molecule has 0 aliphatic carbocycles. The highest BCUT2D eigenvalue weighted by Gasteiger charge is 2.70. The molecular formula is C30H50N4O10. The van der Waals surface area contributed by atoms with Crippen molar-refractivity contribution >= 4 is 12.1 Å². The van der Waals surface area contributed by atoms with Crippen LogP contribution in [-0.2, 0) is 43.6 Å². The minimum atomic E-state index is -1.38. The van der Waals surface area contributed by atoms with E-state index in [0.29, 0.717) is 32.0 Å². The Kier molecular flexibility index (Phi) is 14.1. The summed E-state index contributed by atoms with van der Waals surface area (Å²) in [6.45, 7) is 8.23. The van der Waals surface area contributed by atoms with E-state index in [1.165, 1.54) is 9.80 Å². The summed E-state index contributed by atoms with van der Waals surface area (Å²) in [5, 5.41) is 0. The fraction of sp³-hybridized carbons (Fsp3) is 0.733. The predicted octanol–water partition coefficient (Wildman–Crippen LogP) is 2.68. The number of methoxy groups -OCH3 is 4. The Hall–Kier alpha value is -2.56. The lowest BCUT2D eigenvalue weighted by Gasteiger charge is -2.42. The van der Waals surface area contributed by atoms with E-state index in [4.69, 9.17) is 37.9 Å². The molecule has 0 bridgehead atoms. The Morgan fingerprint density at radius 3 is 1.27 bits per heavy atom. The number of hydrogen-bond acceptors (Lipinski definition) is 10. The highest BCUT2D eigenvalue weighted by Crippen LogP contribution is 2.50. The van der Waals surface area contributed by atoms with E-state index in [9.17, 15) is 9.59 Å². The molecule has 0 radical (unpaired) electrons. The van der Waals surface area contributed by atoms with E-state index in [1.54, 1.807) is 38.2 Å². The first-order chi connectivity index (χ1) is 21.2. The summed E-state index contributed by atoms with van der Waals surface area (Å²) in [6, 6.07) is 8.63. The van der Waals surface area contributed by atoms with Gasteiger partial charge in [-0.1, -0.05) is 30.3 Å². The van der Waals surface area contributed by atoms with Crippen molar-refractivity contribution in [3.63, 3.8) is 0 Å². The number of carbonyl (C=O) groups is 2. The highest BCUT2D eigenvalue weighted by molar-refractivity contribution is 5.87. The van der Waals surface area contributed by atoms with Gasteiger partial charge in [0.2, 0.25) is 0 Å². The second-order valence-corrected chi connectivity index (χ2v) is 11.1. The highest BCUT2D eigenvalue weighted by atomic mass is 16.6. The van der Waals surface area contributed by atoms with Crippen molar-refractivity contribution in [2.45, 2.75) is 63.9 Å². The van der Waals surface area contributed by atoms with Crippen molar-refractivity contribution in [2.75, 3.05) is 81.8 Å². The van der Waals surface area contributed by atoms with Gasteiger partial charge >= 0.3 is 12.1 Å². The quantitative estimate of drug-likeness (QED) is 0.201. The molecule has 0 saturated carbocycles. The van der Waals surface area contributed by atoms with Crippen LogP contribution in [0.2, 0.25) is 0 Å². The largest absolute Gasteiger partial charge is 0.382 e. The lowest BCUT2D eigenvalue weighted by molar-refractivity contribution is -0.128. The molecule has 2 aliphatic rings. The molecule has 3 rings (SSSR count). The van der Waals surface area contributed by atoms with Crippen LogP contribution in [0.5, 0.6) is 0 Å². The molecule has 14 heteroatoms. The summed E-state index contributed by atoms with van der Waals surface area (Å²) in [4.78, 5) is 35.1. The van der Waals surface area contributed by atoms with Gasteiger partial charge in [-0.05, 0) is 27.7 Å². The third kappa shape index (κ3) is 7.98. The average Bonchev–Trinajstić information content (AvgIpc) is 3.38. The standard InChI is InChI=1S/C30H50N4O10/c1-22(14-37-5)41-18-31-27-30(26-12-10-9-11-13-26,33(28(31)35)20-43-24(3)16-39-7)34(21-44-25(4)17-40-8)29(36)32(27)19-42-23(2)15-38-6/h9-13,22-25,27H,14-21H2,1-8H3. The van der Waals surface area contributed by atoms with Crippen molar-refractivity contribution in [2.24, 2.45) is 0 Å². The van der Waals surface area contributed by atoms with Crippen LogP contribution in [0.25, 0.3) is 0 Å². The summed E-state index contributed by atoms with van der Waals surface area (Å²) in [7, 11) is 6.34. The van der Waals surface area contributed by atoms with Crippen LogP contribution in [-0.4, -0.2) is 144 Å². The zero-order valence-corrected chi connectivity index (χ0v) is 27.3. The second kappa shape index (κ2) is 17.2. The smallest absolute Gasteiger partial charge is 0.327 e. The van der Waals surface area contributed by atoms with Gasteiger partial charge in [-0.25, -0.2) is 9.59 Å². The van der Waals surface area contributed by atoms with Crippen LogP contribution in [0.3, 0.4) is 0 Å². The number of ether oxygens (including phenoxy) is 8. The van der Waals surface area contributed by atoms with E-state index in [0.717, 1.165) is 0 Å². The molecule has 1 aromatic carbocycles. The number of hydrogen-bond donors (Lipinski definition) is 0. The van der Waals surface area contributed by atoms with Gasteiger partial charge in [-0.15, -0.1) is 0 Å². The molecule has 44 heavy (non-hydrogen) atoms. The number of rotatable bonds is 21. The molecule has 4 atom stereocenters. The van der Waals surface area contributed by atoms with Crippen LogP contribution < -0.4 is 0 Å². The summed E-state index contributed by atoms with van der Waals surface area (Å²) in [5.41, 5.74) is -0.686. The van der Waals surface area contributed by atoms with Crippen molar-refractivity contribution in [3.05, 3.63) is 35.9 Å². The number of carbonyl (C=O) groups excluding carboxylic acids is 2. The Balaban J connectivity index is 2.17. The van der Waals surface area contributed by atoms with Crippen molar-refractivity contribution in [1.29, 1.82) is 0 Å². The molecule has 2 aliphatic heterocycles. The van der Waals surface area contributed by atoms with Gasteiger partial charge in [-0.3, -0.25) is 19.6 Å². The number of benzene rings is 1. The van der Waals surface area contributed by atoms with Crippen molar-refractivity contribution in [1.82, 2.24) is 19.6 Å². The maximum atomic E-state index is 14.5. The van der Waals surface area contributed by atoms with Gasteiger partial charge in [0.15, 0.2) is 11.8 Å². The molecule has 1 aromatic rings. The maximum Gasteiger partial charge on any atom is 0.327 e. The Morgan fingerprint density at radius 1 is 0.591 bits per heavy atom. The molecule has 4 amide bonds. The van der Waals surface area contributed by atoms with Gasteiger partial charge in [0.05, 0.1) is 50.8 Å². The Labute approximate surface area is 260 Å². The fourth-order valence-corrected chi connectivity index (χ4v) is 5.49. The topological polar surface area (TPSA) is 121 Å². The summed E-state index contributed by atoms with van der Waals surface area (Å²) < 4.78 is 45.5. The predicted molar refractivity (Wildman–Crippen MR) is 159 cm³/mol. The molecule has 2 heterocycles. The average molecular weight is 627 g/mol. The molecular weight excluding hydrogens is 576 g/mol. The van der Waals surface area contributed by atoms with Crippen LogP contribution >= 0.6 is 0 Å². The monoisotopic (exact) mass is 626 g/mol. The van der Waals surface area contributed by atoms with Crippen LogP contribution in [0.1, 0.15) is 33.3 Å². The first-order valence-corrected chi connectivity index (χ1v) is 14.8. The van der Waals surface area contributed by atoms with Gasteiger partial charge in [0, 0.05) is 34.0 Å². The Morgan fingerprint density at radius 2 is 0.932 bits per heavy atom. The zero-order chi connectivity index (χ0) is 32.3. The minimum Gasteiger partial charge on any atom is -0.382 e. The van der Waals surface area contributed by atoms with Gasteiger partial charge in [0.25, 0.3) is 0 Å². The molecule has 250 valence electrons. The molecule has 2 saturated heterocycles. The van der Waals surface area contributed by atoms with E-state index in [-0.39, 0.29) is 63.4 Å². The van der Waals surface area contributed by atoms with E-state index in [2.05, 4.69) is 0 Å². The minimum absolute atomic E-state index is 0.112. The lowest BCUT2D eigenvalue weighted by atomic mass is 9.95. The van der Waals surface area contributed by atoms with Gasteiger partial charge < -0.3 is 37.9 Å². The van der Waals surface area contributed by atoms with Crippen molar-refractivity contribution < 1.29 is 47.5 Å². The SMILES string of the molecule is COCC(C)OCN1C(=O)N(COC(C)COC)C2(c3ccccc3)C1N(COC(C)COC)C(=O)N2COC(C)COC. The van der Waals surface area contributed by atoms with E-state index >= 15 is 0 Å². The zero-order valence-electron chi connectivity index (χ0n) is 27.3. The summed E-state index contributed by atoms with van der Waals surface area (Å²) in [6.07, 6.45) is -2.17. The fourth-order valence-electron chi connectivity index (χ4n) is 5.49. The number of urea groups is 2. The summed E-state index contributed by atoms with van der Waals surface area (Å²) >= 11 is 0. The molecule has 2 fully saturated rings. The van der Waals surface area contributed by atoms with Crippen LogP contribution in [0.4, 0.5) is 9.59 Å². The maximum absolute atomic E-state index is 14.5. The van der Waals surface area contributed by atoms with Crippen LogP contribution in [0, 0.1) is 0 Å². The number of nitrogens with zero attached hydrogens (tertiary/aromatic N) is 4. The van der Waals surface area contributed by atoms with E-state index in [1.807, 2.05) is 58.0 Å². The molecule has 14 nitrogen and oxygen atoms in total. The third-order valence-electron chi connectivity index (χ3n) is 7.50. The lowest BCUT2D eigenvalue weighted by Crippen LogP contribution is -2.58. The number of amides is 4. The molecule has 0 N–H and O–H groups in total. The molecule has 4 unspecified atom stereocenters. The third-order valence-corrected chi connectivity index (χ3v) is 7.50. The second-order valence-electron chi connectivity index (χ2n) is 11.1. The molecule has 0 aromatic heterocycles. The van der Waals surface area contributed by atoms with Gasteiger partial charge in [0.1, 0.15) is 26.9 Å².